The van der Waals surface area contributed by atoms with Crippen LogP contribution in [-0.4, -0.2) is 18.0 Å². The molecular weight excluding hydrogens is 360 g/mol. The summed E-state index contributed by atoms with van der Waals surface area (Å²) in [6, 6.07) is 6.01. The monoisotopic (exact) mass is 370 g/mol. The minimum atomic E-state index is -0.535. The largest absolute Gasteiger partial charge is 0.465 e. The Kier molecular flexibility index (Phi) is 4.92. The molecule has 0 bridgehead atoms. The van der Waals surface area contributed by atoms with E-state index in [1.54, 1.807) is 0 Å². The predicted molar refractivity (Wildman–Crippen MR) is 83.8 cm³/mol. The summed E-state index contributed by atoms with van der Waals surface area (Å²) in [7, 11) is 1.26. The molecule has 2 rings (SSSR count). The van der Waals surface area contributed by atoms with Crippen molar-refractivity contribution >= 4 is 44.6 Å². The van der Waals surface area contributed by atoms with Gasteiger partial charge in [0.15, 0.2) is 0 Å². The summed E-state index contributed by atoms with van der Waals surface area (Å²) in [4.78, 5) is 23.1. The summed E-state index contributed by atoms with van der Waals surface area (Å²) < 4.78 is 5.58. The Morgan fingerprint density at radius 1 is 1.48 bits per heavy atom. The molecule has 21 heavy (non-hydrogen) atoms. The molecule has 6 nitrogen and oxygen atoms in total. The summed E-state index contributed by atoms with van der Waals surface area (Å²) in [5.41, 5.74) is 0.462. The number of nitro benzene ring substituents is 1. The van der Waals surface area contributed by atoms with E-state index in [1.807, 2.05) is 11.4 Å². The van der Waals surface area contributed by atoms with Gasteiger partial charge in [-0.3, -0.25) is 10.1 Å². The zero-order chi connectivity index (χ0) is 15.4. The number of carbonyl (C=O) groups is 1. The van der Waals surface area contributed by atoms with Gasteiger partial charge in [0.2, 0.25) is 0 Å². The molecule has 1 heterocycles. The number of methoxy groups -OCH3 is 1. The Hall–Kier alpha value is -1.93. The maximum atomic E-state index is 11.5. The number of thiophene rings is 1. The van der Waals surface area contributed by atoms with Gasteiger partial charge in [0, 0.05) is 27.3 Å². The van der Waals surface area contributed by atoms with Crippen molar-refractivity contribution in [3.8, 4) is 0 Å². The van der Waals surface area contributed by atoms with Crippen LogP contribution >= 0.6 is 27.3 Å². The van der Waals surface area contributed by atoms with Crippen LogP contribution in [0.3, 0.4) is 0 Å². The lowest BCUT2D eigenvalue weighted by molar-refractivity contribution is -0.384. The lowest BCUT2D eigenvalue weighted by atomic mass is 10.1. The summed E-state index contributed by atoms with van der Waals surface area (Å²) in [6.07, 6.45) is 0. The van der Waals surface area contributed by atoms with Crippen molar-refractivity contribution in [1.82, 2.24) is 0 Å². The number of benzene rings is 1. The van der Waals surface area contributed by atoms with E-state index in [4.69, 9.17) is 0 Å². The number of nitro groups is 1. The first-order chi connectivity index (χ1) is 10.0. The minimum absolute atomic E-state index is 0.0849. The molecule has 110 valence electrons. The number of halogens is 1. The van der Waals surface area contributed by atoms with E-state index in [0.717, 1.165) is 9.35 Å². The molecule has 0 amide bonds. The highest BCUT2D eigenvalue weighted by Gasteiger charge is 2.17. The highest BCUT2D eigenvalue weighted by Crippen LogP contribution is 2.27. The third-order valence-corrected chi connectivity index (χ3v) is 4.39. The third-order valence-electron chi connectivity index (χ3n) is 2.69. The van der Waals surface area contributed by atoms with Gasteiger partial charge in [-0.15, -0.1) is 11.3 Å². The predicted octanol–water partition coefficient (Wildman–Crippen LogP) is 3.82. The van der Waals surface area contributed by atoms with Gasteiger partial charge in [0.25, 0.3) is 5.69 Å². The van der Waals surface area contributed by atoms with Crippen molar-refractivity contribution in [2.75, 3.05) is 12.4 Å². The van der Waals surface area contributed by atoms with Crippen molar-refractivity contribution in [3.05, 3.63) is 54.7 Å². The topological polar surface area (TPSA) is 81.5 Å². The number of nitrogens with zero attached hydrogens (tertiary/aromatic N) is 1. The first kappa shape index (κ1) is 15.5. The zero-order valence-electron chi connectivity index (χ0n) is 11.0. The van der Waals surface area contributed by atoms with Crippen LogP contribution in [0, 0.1) is 10.1 Å². The van der Waals surface area contributed by atoms with Gasteiger partial charge in [-0.05, 0) is 34.1 Å². The number of esters is 1. The lowest BCUT2D eigenvalue weighted by Gasteiger charge is -2.07. The van der Waals surface area contributed by atoms with Crippen LogP contribution in [0.1, 0.15) is 15.2 Å². The molecule has 0 spiro atoms. The number of nitrogens with one attached hydrogen (secondary N) is 1. The molecule has 0 saturated carbocycles. The van der Waals surface area contributed by atoms with Crippen LogP contribution in [0.5, 0.6) is 0 Å². The second-order valence-electron chi connectivity index (χ2n) is 4.07. The average molecular weight is 371 g/mol. The molecule has 1 N–H and O–H groups in total. The highest BCUT2D eigenvalue weighted by molar-refractivity contribution is 9.10. The normalized spacial score (nSPS) is 10.2. The van der Waals surface area contributed by atoms with Crippen molar-refractivity contribution in [2.45, 2.75) is 6.54 Å². The second kappa shape index (κ2) is 6.68. The van der Waals surface area contributed by atoms with E-state index in [-0.39, 0.29) is 16.9 Å². The molecule has 8 heteroatoms. The van der Waals surface area contributed by atoms with E-state index >= 15 is 0 Å². The lowest BCUT2D eigenvalue weighted by Crippen LogP contribution is -2.06. The Morgan fingerprint density at radius 2 is 2.24 bits per heavy atom. The fourth-order valence-electron chi connectivity index (χ4n) is 1.71. The van der Waals surface area contributed by atoms with Crippen molar-refractivity contribution in [1.29, 1.82) is 0 Å². The second-order valence-corrected chi connectivity index (χ2v) is 5.98. The number of anilines is 1. The molecule has 0 aliphatic rings. The quantitative estimate of drug-likeness (QED) is 0.491. The van der Waals surface area contributed by atoms with E-state index in [2.05, 4.69) is 26.0 Å². The number of hydrogen-bond acceptors (Lipinski definition) is 6. The molecule has 0 fully saturated rings. The highest BCUT2D eigenvalue weighted by atomic mass is 79.9. The van der Waals surface area contributed by atoms with Gasteiger partial charge in [0.05, 0.1) is 17.6 Å². The van der Waals surface area contributed by atoms with Gasteiger partial charge in [-0.25, -0.2) is 4.79 Å². The molecule has 1 aromatic heterocycles. The van der Waals surface area contributed by atoms with Crippen LogP contribution in [-0.2, 0) is 11.3 Å². The van der Waals surface area contributed by atoms with Crippen molar-refractivity contribution in [2.24, 2.45) is 0 Å². The van der Waals surface area contributed by atoms with Crippen LogP contribution in [0.25, 0.3) is 0 Å². The molecule has 2 aromatic rings. The first-order valence-corrected chi connectivity index (χ1v) is 7.52. The van der Waals surface area contributed by atoms with Gasteiger partial charge in [-0.2, -0.15) is 0 Å². The maximum Gasteiger partial charge on any atom is 0.337 e. The number of carbonyl (C=O) groups excluding carboxylic acids is 1. The third kappa shape index (κ3) is 3.79. The fourth-order valence-corrected chi connectivity index (χ4v) is 3.10. The molecular formula is C13H11BrN2O4S. The Labute approximate surface area is 133 Å². The SMILES string of the molecule is COC(=O)c1ccc([N+](=O)[O-])c(NCc2cc(Br)cs2)c1. The Morgan fingerprint density at radius 3 is 2.81 bits per heavy atom. The van der Waals surface area contributed by atoms with Crippen LogP contribution in [0.4, 0.5) is 11.4 Å². The van der Waals surface area contributed by atoms with Crippen molar-refractivity contribution in [3.63, 3.8) is 0 Å². The number of ether oxygens (including phenoxy) is 1. The summed E-state index contributed by atoms with van der Waals surface area (Å²) in [5.74, 6) is -0.535. The molecule has 1 aromatic carbocycles. The molecule has 0 aliphatic carbocycles. The Bertz CT molecular complexity index is 687. The molecule has 0 unspecified atom stereocenters. The van der Waals surface area contributed by atoms with Crippen LogP contribution in [0.15, 0.2) is 34.1 Å². The van der Waals surface area contributed by atoms with Gasteiger partial charge < -0.3 is 10.1 Å². The molecule has 0 aliphatic heterocycles. The summed E-state index contributed by atoms with van der Waals surface area (Å²) >= 11 is 4.88. The first-order valence-electron chi connectivity index (χ1n) is 5.85. The summed E-state index contributed by atoms with van der Waals surface area (Å²) in [6.45, 7) is 0.432. The van der Waals surface area contributed by atoms with Crippen LogP contribution in [0.2, 0.25) is 0 Å². The standard InChI is InChI=1S/C13H11BrN2O4S/c1-20-13(17)8-2-3-12(16(18)19)11(4-8)15-6-10-5-9(14)7-21-10/h2-5,7,15H,6H2,1H3. The van der Waals surface area contributed by atoms with E-state index < -0.39 is 10.9 Å². The van der Waals surface area contributed by atoms with Gasteiger partial charge in [0.1, 0.15) is 5.69 Å². The number of hydrogen-bond donors (Lipinski definition) is 1. The van der Waals surface area contributed by atoms with E-state index in [9.17, 15) is 14.9 Å². The zero-order valence-corrected chi connectivity index (χ0v) is 13.4. The Balaban J connectivity index is 2.25. The molecule has 0 atom stereocenters. The number of rotatable bonds is 5. The maximum absolute atomic E-state index is 11.5. The minimum Gasteiger partial charge on any atom is -0.465 e. The average Bonchev–Trinajstić information content (AvgIpc) is 2.89. The molecule has 0 radical (unpaired) electrons. The smallest absolute Gasteiger partial charge is 0.337 e. The van der Waals surface area contributed by atoms with Crippen molar-refractivity contribution < 1.29 is 14.5 Å². The fraction of sp³-hybridized carbons (Fsp3) is 0.154. The van der Waals surface area contributed by atoms with Gasteiger partial charge >= 0.3 is 5.97 Å². The van der Waals surface area contributed by atoms with E-state index in [1.165, 1.54) is 36.6 Å². The van der Waals surface area contributed by atoms with Crippen LogP contribution < -0.4 is 5.32 Å². The summed E-state index contributed by atoms with van der Waals surface area (Å²) in [5, 5.41) is 15.9. The van der Waals surface area contributed by atoms with E-state index in [0.29, 0.717) is 6.54 Å². The van der Waals surface area contributed by atoms with Gasteiger partial charge in [-0.1, -0.05) is 0 Å². The molecule has 0 saturated heterocycles.